The SMILES string of the molecule is O=C(NCc1ccncc1)c1cc(-c2ccc(Br)s2)[nH]n1. The van der Waals surface area contributed by atoms with E-state index in [1.165, 1.54) is 0 Å². The van der Waals surface area contributed by atoms with Gasteiger partial charge >= 0.3 is 0 Å². The maximum absolute atomic E-state index is 12.1. The molecule has 0 radical (unpaired) electrons. The van der Waals surface area contributed by atoms with Gasteiger partial charge in [0.25, 0.3) is 5.91 Å². The standard InChI is InChI=1S/C14H11BrN4OS/c15-13-2-1-12(21-13)10-7-11(19-18-10)14(20)17-8-9-3-5-16-6-4-9/h1-7H,8H2,(H,17,20)(H,18,19). The number of hydrogen-bond acceptors (Lipinski definition) is 4. The molecule has 1 amide bonds. The summed E-state index contributed by atoms with van der Waals surface area (Å²) >= 11 is 5.00. The molecule has 0 aromatic carbocycles. The zero-order chi connectivity index (χ0) is 14.7. The van der Waals surface area contributed by atoms with Crippen LogP contribution in [-0.4, -0.2) is 21.1 Å². The molecule has 5 nitrogen and oxygen atoms in total. The number of aromatic nitrogens is 3. The first-order chi connectivity index (χ1) is 10.2. The minimum absolute atomic E-state index is 0.204. The van der Waals surface area contributed by atoms with Crippen molar-refractivity contribution in [3.8, 4) is 10.6 Å². The van der Waals surface area contributed by atoms with Crippen molar-refractivity contribution >= 4 is 33.2 Å². The predicted molar refractivity (Wildman–Crippen MR) is 85.0 cm³/mol. The Kier molecular flexibility index (Phi) is 4.12. The van der Waals surface area contributed by atoms with Gasteiger partial charge in [-0.3, -0.25) is 14.9 Å². The normalized spacial score (nSPS) is 10.5. The van der Waals surface area contributed by atoms with Crippen molar-refractivity contribution in [2.75, 3.05) is 0 Å². The first kappa shape index (κ1) is 14.0. The van der Waals surface area contributed by atoms with Gasteiger partial charge in [-0.15, -0.1) is 11.3 Å². The number of pyridine rings is 1. The smallest absolute Gasteiger partial charge is 0.272 e. The number of amides is 1. The van der Waals surface area contributed by atoms with E-state index in [1.807, 2.05) is 24.3 Å². The number of nitrogens with zero attached hydrogens (tertiary/aromatic N) is 2. The lowest BCUT2D eigenvalue weighted by atomic mass is 10.2. The fourth-order valence-electron chi connectivity index (χ4n) is 1.80. The third-order valence-electron chi connectivity index (χ3n) is 2.85. The Morgan fingerprint density at radius 3 is 2.81 bits per heavy atom. The van der Waals surface area contributed by atoms with Gasteiger partial charge in [-0.25, -0.2) is 0 Å². The predicted octanol–water partition coefficient (Wildman–Crippen LogP) is 3.23. The third kappa shape index (κ3) is 3.37. The summed E-state index contributed by atoms with van der Waals surface area (Å²) in [6.45, 7) is 0.452. The molecular formula is C14H11BrN4OS. The van der Waals surface area contributed by atoms with E-state index in [0.717, 1.165) is 19.9 Å². The molecule has 3 aromatic rings. The molecule has 2 N–H and O–H groups in total. The second-order valence-electron chi connectivity index (χ2n) is 4.31. The van der Waals surface area contributed by atoms with Crippen molar-refractivity contribution in [1.29, 1.82) is 0 Å². The number of rotatable bonds is 4. The largest absolute Gasteiger partial charge is 0.347 e. The van der Waals surface area contributed by atoms with E-state index in [9.17, 15) is 4.79 Å². The number of carbonyl (C=O) groups excluding carboxylic acids is 1. The number of H-pyrrole nitrogens is 1. The molecule has 0 aliphatic rings. The highest BCUT2D eigenvalue weighted by Gasteiger charge is 2.12. The Morgan fingerprint density at radius 1 is 1.29 bits per heavy atom. The summed E-state index contributed by atoms with van der Waals surface area (Å²) in [5.74, 6) is -0.204. The molecule has 0 unspecified atom stereocenters. The van der Waals surface area contributed by atoms with Crippen LogP contribution in [0.4, 0.5) is 0 Å². The molecule has 0 bridgehead atoms. The molecule has 0 fully saturated rings. The van der Waals surface area contributed by atoms with Crippen LogP contribution >= 0.6 is 27.3 Å². The van der Waals surface area contributed by atoms with Crippen molar-refractivity contribution in [3.63, 3.8) is 0 Å². The van der Waals surface area contributed by atoms with Crippen LogP contribution in [0.1, 0.15) is 16.1 Å². The number of thiophene rings is 1. The van der Waals surface area contributed by atoms with Crippen molar-refractivity contribution in [2.24, 2.45) is 0 Å². The van der Waals surface area contributed by atoms with Crippen molar-refractivity contribution in [3.05, 3.63) is 57.8 Å². The number of carbonyl (C=O) groups is 1. The van der Waals surface area contributed by atoms with E-state index >= 15 is 0 Å². The van der Waals surface area contributed by atoms with Crippen molar-refractivity contribution in [2.45, 2.75) is 6.54 Å². The van der Waals surface area contributed by atoms with Gasteiger partial charge in [-0.05, 0) is 51.8 Å². The summed E-state index contributed by atoms with van der Waals surface area (Å²) in [6.07, 6.45) is 3.39. The van der Waals surface area contributed by atoms with Crippen LogP contribution < -0.4 is 5.32 Å². The molecule has 0 aliphatic carbocycles. The lowest BCUT2D eigenvalue weighted by Crippen LogP contribution is -2.23. The second kappa shape index (κ2) is 6.19. The zero-order valence-corrected chi connectivity index (χ0v) is 13.2. The average Bonchev–Trinajstić information content (AvgIpc) is 3.14. The molecule has 0 saturated heterocycles. The van der Waals surface area contributed by atoms with E-state index < -0.39 is 0 Å². The van der Waals surface area contributed by atoms with Gasteiger partial charge in [-0.1, -0.05) is 0 Å². The van der Waals surface area contributed by atoms with Crippen LogP contribution in [0.2, 0.25) is 0 Å². The van der Waals surface area contributed by atoms with E-state index in [-0.39, 0.29) is 5.91 Å². The number of aromatic amines is 1. The summed E-state index contributed by atoms with van der Waals surface area (Å²) < 4.78 is 1.04. The van der Waals surface area contributed by atoms with Crippen LogP contribution in [-0.2, 0) is 6.54 Å². The molecule has 21 heavy (non-hydrogen) atoms. The minimum Gasteiger partial charge on any atom is -0.347 e. The Labute approximate surface area is 133 Å². The van der Waals surface area contributed by atoms with Gasteiger partial charge in [0, 0.05) is 18.9 Å². The molecule has 0 saturated carbocycles. The Morgan fingerprint density at radius 2 is 2.10 bits per heavy atom. The van der Waals surface area contributed by atoms with Crippen molar-refractivity contribution < 1.29 is 4.79 Å². The fourth-order valence-corrected chi connectivity index (χ4v) is 3.15. The molecule has 3 rings (SSSR count). The molecule has 0 spiro atoms. The van der Waals surface area contributed by atoms with Gasteiger partial charge in [0.05, 0.1) is 14.4 Å². The van der Waals surface area contributed by atoms with Crippen LogP contribution in [0, 0.1) is 0 Å². The zero-order valence-electron chi connectivity index (χ0n) is 10.8. The van der Waals surface area contributed by atoms with Gasteiger partial charge < -0.3 is 5.32 Å². The van der Waals surface area contributed by atoms with Gasteiger partial charge in [0.2, 0.25) is 0 Å². The summed E-state index contributed by atoms with van der Waals surface area (Å²) in [5, 5.41) is 9.77. The van der Waals surface area contributed by atoms with E-state index in [1.54, 1.807) is 29.8 Å². The van der Waals surface area contributed by atoms with Crippen LogP contribution in [0.25, 0.3) is 10.6 Å². The van der Waals surface area contributed by atoms with Crippen LogP contribution in [0.5, 0.6) is 0 Å². The Balaban J connectivity index is 1.67. The first-order valence-corrected chi connectivity index (χ1v) is 7.81. The van der Waals surface area contributed by atoms with Crippen LogP contribution in [0.15, 0.2) is 46.5 Å². The summed E-state index contributed by atoms with van der Waals surface area (Å²) in [4.78, 5) is 17.0. The van der Waals surface area contributed by atoms with Crippen molar-refractivity contribution in [1.82, 2.24) is 20.5 Å². The van der Waals surface area contributed by atoms with E-state index in [4.69, 9.17) is 0 Å². The molecule has 3 heterocycles. The Hall–Kier alpha value is -1.99. The highest BCUT2D eigenvalue weighted by molar-refractivity contribution is 9.11. The molecule has 0 atom stereocenters. The summed E-state index contributed by atoms with van der Waals surface area (Å²) in [7, 11) is 0. The molecular weight excluding hydrogens is 352 g/mol. The fraction of sp³-hybridized carbons (Fsp3) is 0.0714. The number of hydrogen-bond donors (Lipinski definition) is 2. The lowest BCUT2D eigenvalue weighted by molar-refractivity contribution is 0.0946. The minimum atomic E-state index is -0.204. The average molecular weight is 363 g/mol. The quantitative estimate of drug-likeness (QED) is 0.748. The maximum Gasteiger partial charge on any atom is 0.272 e. The second-order valence-corrected chi connectivity index (χ2v) is 6.77. The highest BCUT2D eigenvalue weighted by atomic mass is 79.9. The molecule has 7 heteroatoms. The maximum atomic E-state index is 12.1. The molecule has 106 valence electrons. The highest BCUT2D eigenvalue weighted by Crippen LogP contribution is 2.30. The molecule has 0 aliphatic heterocycles. The summed E-state index contributed by atoms with van der Waals surface area (Å²) in [6, 6.07) is 9.41. The van der Waals surface area contributed by atoms with Gasteiger partial charge in [0.1, 0.15) is 0 Å². The lowest BCUT2D eigenvalue weighted by Gasteiger charge is -2.02. The van der Waals surface area contributed by atoms with Gasteiger partial charge in [0.15, 0.2) is 5.69 Å². The Bertz CT molecular complexity index is 753. The topological polar surface area (TPSA) is 70.7 Å². The third-order valence-corrected chi connectivity index (χ3v) is 4.51. The van der Waals surface area contributed by atoms with Gasteiger partial charge in [-0.2, -0.15) is 5.10 Å². The van der Waals surface area contributed by atoms with E-state index in [0.29, 0.717) is 12.2 Å². The first-order valence-electron chi connectivity index (χ1n) is 6.20. The number of nitrogens with one attached hydrogen (secondary N) is 2. The number of halogens is 1. The van der Waals surface area contributed by atoms with E-state index in [2.05, 4.69) is 36.4 Å². The summed E-state index contributed by atoms with van der Waals surface area (Å²) in [5.41, 5.74) is 2.21. The molecule has 3 aromatic heterocycles. The van der Waals surface area contributed by atoms with Crippen LogP contribution in [0.3, 0.4) is 0 Å². The monoisotopic (exact) mass is 362 g/mol.